The van der Waals surface area contributed by atoms with Gasteiger partial charge in [-0.3, -0.25) is 4.98 Å². The molecule has 0 atom stereocenters. The summed E-state index contributed by atoms with van der Waals surface area (Å²) in [5, 5.41) is 3.04. The van der Waals surface area contributed by atoms with E-state index in [1.54, 1.807) is 37.5 Å². The summed E-state index contributed by atoms with van der Waals surface area (Å²) in [6.07, 6.45) is 4.77. The van der Waals surface area contributed by atoms with E-state index in [-0.39, 0.29) is 17.5 Å². The van der Waals surface area contributed by atoms with Crippen LogP contribution in [-0.2, 0) is 0 Å². The number of anilines is 2. The molecule has 0 amide bonds. The Morgan fingerprint density at radius 3 is 2.65 bits per heavy atom. The minimum absolute atomic E-state index is 0.109. The van der Waals surface area contributed by atoms with Crippen molar-refractivity contribution in [3.8, 4) is 17.1 Å². The van der Waals surface area contributed by atoms with E-state index >= 15 is 0 Å². The molecule has 31 heavy (non-hydrogen) atoms. The minimum Gasteiger partial charge on any atom is -0.479 e. The topological polar surface area (TPSA) is 137 Å². The second kappa shape index (κ2) is 9.44. The van der Waals surface area contributed by atoms with Crippen molar-refractivity contribution in [3.05, 3.63) is 72.7 Å². The summed E-state index contributed by atoms with van der Waals surface area (Å²) in [6, 6.07) is 8.44. The number of amidine groups is 2. The van der Waals surface area contributed by atoms with Crippen LogP contribution in [0.15, 0.2) is 71.3 Å². The maximum atomic E-state index is 14.1. The van der Waals surface area contributed by atoms with Crippen molar-refractivity contribution in [1.82, 2.24) is 15.0 Å². The Kier molecular flexibility index (Phi) is 6.51. The third-order valence-corrected chi connectivity index (χ3v) is 3.98. The van der Waals surface area contributed by atoms with Gasteiger partial charge in [-0.1, -0.05) is 6.58 Å². The van der Waals surface area contributed by atoms with Crippen molar-refractivity contribution >= 4 is 23.2 Å². The van der Waals surface area contributed by atoms with Crippen LogP contribution < -0.4 is 21.5 Å². The Hall–Kier alpha value is -4.34. The highest BCUT2D eigenvalue weighted by molar-refractivity contribution is 6.08. The number of rotatable bonds is 6. The number of nitrogens with two attached hydrogens (primary N) is 2. The molecule has 0 saturated carbocycles. The first-order chi connectivity index (χ1) is 14.9. The van der Waals surface area contributed by atoms with Gasteiger partial charge in [-0.25, -0.2) is 24.3 Å². The molecule has 0 fully saturated rings. The number of aromatic nitrogens is 3. The highest BCUT2D eigenvalue weighted by Crippen LogP contribution is 2.25. The fourth-order valence-corrected chi connectivity index (χ4v) is 2.68. The molecule has 9 nitrogen and oxygen atoms in total. The lowest BCUT2D eigenvalue weighted by atomic mass is 10.1. The monoisotopic (exact) mass is 420 g/mol. The van der Waals surface area contributed by atoms with E-state index in [1.807, 2.05) is 6.07 Å². The lowest BCUT2D eigenvalue weighted by Gasteiger charge is -2.13. The van der Waals surface area contributed by atoms with Crippen LogP contribution in [0.5, 0.6) is 5.88 Å². The lowest BCUT2D eigenvalue weighted by Crippen LogP contribution is -2.18. The third kappa shape index (κ3) is 5.38. The van der Waals surface area contributed by atoms with Gasteiger partial charge in [0.15, 0.2) is 5.82 Å². The molecular formula is C21H21FN8O. The molecule has 0 aromatic carbocycles. The molecule has 158 valence electrons. The van der Waals surface area contributed by atoms with Crippen LogP contribution in [0.1, 0.15) is 12.5 Å². The molecular weight excluding hydrogens is 399 g/mol. The fourth-order valence-electron chi connectivity index (χ4n) is 2.68. The molecule has 3 aromatic heterocycles. The number of nitrogens with one attached hydrogen (secondary N) is 1. The second-order valence-corrected chi connectivity index (χ2v) is 6.32. The zero-order valence-electron chi connectivity index (χ0n) is 17.0. The summed E-state index contributed by atoms with van der Waals surface area (Å²) in [7, 11) is 1.34. The van der Waals surface area contributed by atoms with Gasteiger partial charge in [0, 0.05) is 24.0 Å². The molecule has 0 aliphatic rings. The van der Waals surface area contributed by atoms with E-state index in [4.69, 9.17) is 16.2 Å². The molecule has 0 aliphatic carbocycles. The molecule has 10 heteroatoms. The maximum absolute atomic E-state index is 14.1. The first-order valence-electron chi connectivity index (χ1n) is 9.09. The number of hydrogen-bond acceptors (Lipinski definition) is 7. The first kappa shape index (κ1) is 21.4. The quantitative estimate of drug-likeness (QED) is 0.412. The Balaban J connectivity index is 2.07. The normalized spacial score (nSPS) is 11.8. The van der Waals surface area contributed by atoms with Crippen LogP contribution in [0.25, 0.3) is 11.3 Å². The highest BCUT2D eigenvalue weighted by atomic mass is 19.1. The number of methoxy groups -OCH3 is 1. The Morgan fingerprint density at radius 2 is 2.00 bits per heavy atom. The molecule has 0 spiro atoms. The zero-order chi connectivity index (χ0) is 22.4. The average molecular weight is 420 g/mol. The van der Waals surface area contributed by atoms with Gasteiger partial charge in [-0.15, -0.1) is 0 Å². The molecule has 0 saturated heterocycles. The highest BCUT2D eigenvalue weighted by Gasteiger charge is 2.13. The largest absolute Gasteiger partial charge is 0.479 e. The van der Waals surface area contributed by atoms with Gasteiger partial charge in [0.25, 0.3) is 0 Å². The van der Waals surface area contributed by atoms with Crippen LogP contribution in [0.4, 0.5) is 15.9 Å². The lowest BCUT2D eigenvalue weighted by molar-refractivity contribution is 0.369. The Labute approximate surface area is 178 Å². The van der Waals surface area contributed by atoms with E-state index in [0.29, 0.717) is 28.6 Å². The van der Waals surface area contributed by atoms with Crippen molar-refractivity contribution < 1.29 is 9.13 Å². The van der Waals surface area contributed by atoms with Crippen LogP contribution in [-0.4, -0.2) is 33.7 Å². The predicted molar refractivity (Wildman–Crippen MR) is 119 cm³/mol. The smallest absolute Gasteiger partial charge is 0.250 e. The van der Waals surface area contributed by atoms with Crippen LogP contribution >= 0.6 is 0 Å². The number of aliphatic imine (C=N–C) groups is 2. The number of halogens is 1. The Bertz CT molecular complexity index is 1160. The standard InChI is InChI=1S/C21H21FN8O/c1-12(23)27-13(2)28-19(24)16-6-7-18(14-5-4-8-25-10-14)30-20(16)29-15-9-17(22)21(31-3)26-11-15/h4-11H,1,23H2,2-3H3,(H,29,30)(H2,24,27,28). The molecule has 0 radical (unpaired) electrons. The average Bonchev–Trinajstić information content (AvgIpc) is 2.74. The van der Waals surface area contributed by atoms with Gasteiger partial charge in [0.1, 0.15) is 23.3 Å². The van der Waals surface area contributed by atoms with E-state index in [1.165, 1.54) is 19.4 Å². The number of pyridine rings is 3. The fraction of sp³-hybridized carbons (Fsp3) is 0.0952. The van der Waals surface area contributed by atoms with Crippen LogP contribution in [0.3, 0.4) is 0 Å². The Morgan fingerprint density at radius 1 is 1.19 bits per heavy atom. The minimum atomic E-state index is -0.622. The number of nitrogens with zero attached hydrogens (tertiary/aromatic N) is 5. The van der Waals surface area contributed by atoms with E-state index in [9.17, 15) is 4.39 Å². The molecule has 3 heterocycles. The van der Waals surface area contributed by atoms with Gasteiger partial charge >= 0.3 is 0 Å². The molecule has 0 unspecified atom stereocenters. The summed E-state index contributed by atoms with van der Waals surface area (Å²) < 4.78 is 19.0. The maximum Gasteiger partial charge on any atom is 0.250 e. The van der Waals surface area contributed by atoms with Gasteiger partial charge in [-0.05, 0) is 31.2 Å². The predicted octanol–water partition coefficient (Wildman–Crippen LogP) is 2.98. The van der Waals surface area contributed by atoms with Gasteiger partial charge in [0.05, 0.1) is 30.3 Å². The van der Waals surface area contributed by atoms with Crippen molar-refractivity contribution in [2.24, 2.45) is 21.5 Å². The molecule has 0 aliphatic heterocycles. The van der Waals surface area contributed by atoms with Gasteiger partial charge in [-0.2, -0.15) is 0 Å². The van der Waals surface area contributed by atoms with Gasteiger partial charge < -0.3 is 21.5 Å². The SMILES string of the molecule is C=C(N)/N=C(C)\N=C(/N)c1ccc(-c2cccnc2)nc1Nc1cnc(OC)c(F)c1. The van der Waals surface area contributed by atoms with Crippen LogP contribution in [0, 0.1) is 5.82 Å². The second-order valence-electron chi connectivity index (χ2n) is 6.32. The first-order valence-corrected chi connectivity index (χ1v) is 9.09. The zero-order valence-corrected chi connectivity index (χ0v) is 17.0. The summed E-state index contributed by atoms with van der Waals surface area (Å²) in [6.45, 7) is 5.15. The molecule has 5 N–H and O–H groups in total. The van der Waals surface area contributed by atoms with E-state index in [0.717, 1.165) is 5.56 Å². The summed E-state index contributed by atoms with van der Waals surface area (Å²) >= 11 is 0. The van der Waals surface area contributed by atoms with Crippen molar-refractivity contribution in [2.45, 2.75) is 6.92 Å². The van der Waals surface area contributed by atoms with Crippen LogP contribution in [0.2, 0.25) is 0 Å². The molecule has 0 bridgehead atoms. The number of hydrogen-bond donors (Lipinski definition) is 3. The van der Waals surface area contributed by atoms with Gasteiger partial charge in [0.2, 0.25) is 5.88 Å². The van der Waals surface area contributed by atoms with E-state index in [2.05, 4.69) is 36.8 Å². The van der Waals surface area contributed by atoms with E-state index < -0.39 is 5.82 Å². The summed E-state index contributed by atoms with van der Waals surface area (Å²) in [5.41, 5.74) is 13.9. The van der Waals surface area contributed by atoms with Crippen molar-refractivity contribution in [1.29, 1.82) is 0 Å². The third-order valence-electron chi connectivity index (χ3n) is 3.98. The molecule has 3 rings (SSSR count). The van der Waals surface area contributed by atoms with Crippen molar-refractivity contribution in [3.63, 3.8) is 0 Å². The van der Waals surface area contributed by atoms with Crippen molar-refractivity contribution in [2.75, 3.05) is 12.4 Å². The molecule has 3 aromatic rings. The summed E-state index contributed by atoms with van der Waals surface area (Å²) in [4.78, 5) is 20.9. The summed E-state index contributed by atoms with van der Waals surface area (Å²) in [5.74, 6) is 0.175. The number of ether oxygens (including phenoxy) is 1.